The lowest BCUT2D eigenvalue weighted by atomic mass is 9.99. The Balaban J connectivity index is 2.56. The van der Waals surface area contributed by atoms with Gasteiger partial charge < -0.3 is 9.15 Å². The van der Waals surface area contributed by atoms with Gasteiger partial charge in [0.1, 0.15) is 5.75 Å². The maximum atomic E-state index is 12.4. The van der Waals surface area contributed by atoms with Crippen LogP contribution in [0.2, 0.25) is 0 Å². The fraction of sp³-hybridized carbons (Fsp3) is 0.214. The summed E-state index contributed by atoms with van der Waals surface area (Å²) in [6.07, 6.45) is 1.48. The number of furan rings is 1. The predicted octanol–water partition coefficient (Wildman–Crippen LogP) is 3.90. The fourth-order valence-corrected chi connectivity index (χ4v) is 2.25. The van der Waals surface area contributed by atoms with Gasteiger partial charge in [0.25, 0.3) is 0 Å². The number of hydrogen-bond acceptors (Lipinski definition) is 3. The maximum absolute atomic E-state index is 12.4. The van der Waals surface area contributed by atoms with Crippen LogP contribution in [0.5, 0.6) is 5.75 Å². The van der Waals surface area contributed by atoms with Crippen molar-refractivity contribution in [1.29, 1.82) is 0 Å². The van der Waals surface area contributed by atoms with E-state index in [-0.39, 0.29) is 5.78 Å². The monoisotopic (exact) mass is 308 g/mol. The van der Waals surface area contributed by atoms with Crippen molar-refractivity contribution >= 4 is 21.7 Å². The van der Waals surface area contributed by atoms with Crippen LogP contribution in [0.1, 0.15) is 27.0 Å². The summed E-state index contributed by atoms with van der Waals surface area (Å²) in [5, 5.41) is 0. The van der Waals surface area contributed by atoms with E-state index in [2.05, 4.69) is 15.9 Å². The summed E-state index contributed by atoms with van der Waals surface area (Å²) in [5.41, 5.74) is 3.11. The van der Waals surface area contributed by atoms with Crippen LogP contribution in [-0.4, -0.2) is 12.9 Å². The van der Waals surface area contributed by atoms with Gasteiger partial charge in [-0.05, 0) is 53.0 Å². The molecule has 0 N–H and O–H groups in total. The highest BCUT2D eigenvalue weighted by Crippen LogP contribution is 2.30. The molecule has 0 bridgehead atoms. The first kappa shape index (κ1) is 12.9. The summed E-state index contributed by atoms with van der Waals surface area (Å²) < 4.78 is 10.9. The van der Waals surface area contributed by atoms with Gasteiger partial charge in [-0.15, -0.1) is 0 Å². The van der Waals surface area contributed by atoms with Crippen molar-refractivity contribution in [1.82, 2.24) is 0 Å². The van der Waals surface area contributed by atoms with Gasteiger partial charge in [0, 0.05) is 0 Å². The quantitative estimate of drug-likeness (QED) is 0.807. The number of ether oxygens (including phenoxy) is 1. The summed E-state index contributed by atoms with van der Waals surface area (Å²) in [6.45, 7) is 3.93. The summed E-state index contributed by atoms with van der Waals surface area (Å²) in [4.78, 5) is 12.4. The molecule has 0 amide bonds. The van der Waals surface area contributed by atoms with Crippen LogP contribution in [0.3, 0.4) is 0 Å². The number of benzene rings is 1. The zero-order chi connectivity index (χ0) is 13.3. The molecule has 0 aliphatic rings. The number of carbonyl (C=O) groups excluding carboxylic acids is 1. The first-order valence-corrected chi connectivity index (χ1v) is 6.27. The van der Waals surface area contributed by atoms with Crippen molar-refractivity contribution in [2.24, 2.45) is 0 Å². The van der Waals surface area contributed by atoms with E-state index in [0.29, 0.717) is 21.5 Å². The highest BCUT2D eigenvalue weighted by atomic mass is 79.9. The lowest BCUT2D eigenvalue weighted by molar-refractivity contribution is 0.103. The molecular weight excluding hydrogens is 296 g/mol. The van der Waals surface area contributed by atoms with Gasteiger partial charge in [-0.25, -0.2) is 0 Å². The third kappa shape index (κ3) is 2.08. The van der Waals surface area contributed by atoms with E-state index in [0.717, 1.165) is 11.1 Å². The van der Waals surface area contributed by atoms with Gasteiger partial charge in [-0.3, -0.25) is 4.79 Å². The van der Waals surface area contributed by atoms with Crippen LogP contribution in [0.25, 0.3) is 0 Å². The number of aryl methyl sites for hydroxylation is 1. The van der Waals surface area contributed by atoms with Gasteiger partial charge >= 0.3 is 0 Å². The van der Waals surface area contributed by atoms with Crippen molar-refractivity contribution in [3.63, 3.8) is 0 Å². The van der Waals surface area contributed by atoms with Gasteiger partial charge in [0.05, 0.1) is 24.5 Å². The van der Waals surface area contributed by atoms with Crippen molar-refractivity contribution in [2.45, 2.75) is 13.8 Å². The van der Waals surface area contributed by atoms with Crippen LogP contribution >= 0.6 is 15.9 Å². The number of ketones is 1. The summed E-state index contributed by atoms with van der Waals surface area (Å²) in [6, 6.07) is 5.34. The molecule has 3 nitrogen and oxygen atoms in total. The molecule has 0 radical (unpaired) electrons. The largest absolute Gasteiger partial charge is 0.496 e. The fourth-order valence-electron chi connectivity index (χ4n) is 1.83. The summed E-state index contributed by atoms with van der Waals surface area (Å²) in [5.74, 6) is 0.503. The Morgan fingerprint density at radius 3 is 2.50 bits per heavy atom. The Labute approximate surface area is 114 Å². The molecule has 18 heavy (non-hydrogen) atoms. The summed E-state index contributed by atoms with van der Waals surface area (Å²) in [7, 11) is 1.57. The van der Waals surface area contributed by atoms with Crippen LogP contribution in [0.15, 0.2) is 33.5 Å². The van der Waals surface area contributed by atoms with Crippen molar-refractivity contribution in [2.75, 3.05) is 7.11 Å². The lowest BCUT2D eigenvalue weighted by Crippen LogP contribution is -2.05. The highest BCUT2D eigenvalue weighted by Gasteiger charge is 2.20. The van der Waals surface area contributed by atoms with Crippen molar-refractivity contribution < 1.29 is 13.9 Å². The van der Waals surface area contributed by atoms with Crippen molar-refractivity contribution in [3.8, 4) is 5.75 Å². The second-order valence-electron chi connectivity index (χ2n) is 4.03. The third-order valence-electron chi connectivity index (χ3n) is 2.99. The Hall–Kier alpha value is -1.55. The molecule has 0 atom stereocenters. The molecule has 0 saturated carbocycles. The zero-order valence-corrected chi connectivity index (χ0v) is 12.0. The van der Waals surface area contributed by atoms with E-state index in [1.54, 1.807) is 19.2 Å². The second kappa shape index (κ2) is 4.98. The number of hydrogen-bond donors (Lipinski definition) is 0. The molecule has 2 aromatic rings. The molecule has 0 aliphatic carbocycles. The first-order valence-electron chi connectivity index (χ1n) is 5.48. The van der Waals surface area contributed by atoms with Crippen LogP contribution in [0, 0.1) is 13.8 Å². The van der Waals surface area contributed by atoms with Gasteiger partial charge in [-0.2, -0.15) is 0 Å². The molecule has 0 saturated heterocycles. The lowest BCUT2D eigenvalue weighted by Gasteiger charge is -2.12. The second-order valence-corrected chi connectivity index (χ2v) is 4.75. The predicted molar refractivity (Wildman–Crippen MR) is 72.3 cm³/mol. The Morgan fingerprint density at radius 2 is 1.94 bits per heavy atom. The molecule has 4 heteroatoms. The minimum Gasteiger partial charge on any atom is -0.496 e. The van der Waals surface area contributed by atoms with E-state index in [1.165, 1.54) is 6.26 Å². The molecule has 94 valence electrons. The molecule has 1 aromatic heterocycles. The van der Waals surface area contributed by atoms with Crippen molar-refractivity contribution in [3.05, 3.63) is 51.4 Å². The number of rotatable bonds is 3. The van der Waals surface area contributed by atoms with E-state index in [9.17, 15) is 4.79 Å². The van der Waals surface area contributed by atoms with E-state index < -0.39 is 0 Å². The minimum atomic E-state index is -0.115. The molecule has 2 rings (SSSR count). The maximum Gasteiger partial charge on any atom is 0.201 e. The number of carbonyl (C=O) groups is 1. The van der Waals surface area contributed by atoms with Crippen LogP contribution in [0.4, 0.5) is 0 Å². The SMILES string of the molecule is COc1c(C(=O)c2ccoc2Br)ccc(C)c1C. The molecular formula is C14H13BrO3. The standard InChI is InChI=1S/C14H13BrO3/c1-8-4-5-10(13(17-3)9(8)2)12(16)11-6-7-18-14(11)15/h4-7H,1-3H3. The van der Waals surface area contributed by atoms with Gasteiger partial charge in [0.15, 0.2) is 4.67 Å². The molecule has 1 heterocycles. The average molecular weight is 309 g/mol. The van der Waals surface area contributed by atoms with E-state index in [1.807, 2.05) is 19.9 Å². The topological polar surface area (TPSA) is 39.4 Å². The van der Waals surface area contributed by atoms with Crippen LogP contribution in [-0.2, 0) is 0 Å². The van der Waals surface area contributed by atoms with Crippen LogP contribution < -0.4 is 4.74 Å². The van der Waals surface area contributed by atoms with Gasteiger partial charge in [0.2, 0.25) is 5.78 Å². The van der Waals surface area contributed by atoms with Gasteiger partial charge in [-0.1, -0.05) is 6.07 Å². The molecule has 1 aromatic carbocycles. The average Bonchev–Trinajstić information content (AvgIpc) is 2.78. The Kier molecular flexibility index (Phi) is 3.57. The number of halogens is 1. The number of methoxy groups -OCH3 is 1. The Morgan fingerprint density at radius 1 is 1.22 bits per heavy atom. The van der Waals surface area contributed by atoms with E-state index >= 15 is 0 Å². The minimum absolute atomic E-state index is 0.115. The first-order chi connectivity index (χ1) is 8.56. The highest BCUT2D eigenvalue weighted by molar-refractivity contribution is 9.10. The normalized spacial score (nSPS) is 10.4. The third-order valence-corrected chi connectivity index (χ3v) is 3.60. The summed E-state index contributed by atoms with van der Waals surface area (Å²) >= 11 is 3.22. The zero-order valence-electron chi connectivity index (χ0n) is 10.4. The molecule has 0 spiro atoms. The molecule has 0 fully saturated rings. The van der Waals surface area contributed by atoms with E-state index in [4.69, 9.17) is 9.15 Å². The molecule has 0 unspecified atom stereocenters. The molecule has 0 aliphatic heterocycles. The smallest absolute Gasteiger partial charge is 0.201 e. The Bertz CT molecular complexity index is 599.